The van der Waals surface area contributed by atoms with Gasteiger partial charge in [-0.25, -0.2) is 0 Å². The molecule has 0 saturated carbocycles. The molecule has 3 heteroatoms. The molecule has 0 amide bonds. The molecule has 2 aromatic rings. The van der Waals surface area contributed by atoms with Gasteiger partial charge in [-0.15, -0.1) is 17.0 Å². The lowest BCUT2D eigenvalue weighted by Gasteiger charge is -2.06. The zero-order valence-electron chi connectivity index (χ0n) is 13.8. The number of benzene rings is 2. The van der Waals surface area contributed by atoms with Crippen molar-refractivity contribution in [2.24, 2.45) is 0 Å². The molecule has 0 aliphatic heterocycles. The Labute approximate surface area is 151 Å². The van der Waals surface area contributed by atoms with Crippen molar-refractivity contribution in [1.82, 2.24) is 10.6 Å². The first-order valence-electron chi connectivity index (χ1n) is 8.44. The second kappa shape index (κ2) is 13.3. The maximum atomic E-state index is 3.51. The number of halogens is 1. The molecule has 0 radical (unpaired) electrons. The van der Waals surface area contributed by atoms with Crippen LogP contribution in [0.25, 0.3) is 0 Å². The Bertz CT molecular complexity index is 440. The van der Waals surface area contributed by atoms with E-state index in [-0.39, 0.29) is 17.0 Å². The van der Waals surface area contributed by atoms with Crippen LogP contribution in [0.15, 0.2) is 60.7 Å². The molecule has 0 aromatic heterocycles. The maximum absolute atomic E-state index is 3.51. The highest BCUT2D eigenvalue weighted by atomic mass is 79.9. The molecular weight excluding hydrogens is 348 g/mol. The molecule has 0 heterocycles. The Morgan fingerprint density at radius 2 is 0.913 bits per heavy atom. The van der Waals surface area contributed by atoms with Crippen LogP contribution in [0.2, 0.25) is 0 Å². The molecule has 126 valence electrons. The summed E-state index contributed by atoms with van der Waals surface area (Å²) in [5, 5.41) is 7.02. The molecule has 2 N–H and O–H groups in total. The van der Waals surface area contributed by atoms with Gasteiger partial charge in [0.15, 0.2) is 0 Å². The molecule has 23 heavy (non-hydrogen) atoms. The molecule has 0 saturated heterocycles. The van der Waals surface area contributed by atoms with E-state index >= 15 is 0 Å². The normalized spacial score (nSPS) is 10.3. The second-order valence-corrected chi connectivity index (χ2v) is 5.74. The van der Waals surface area contributed by atoms with Crippen molar-refractivity contribution < 1.29 is 0 Å². The first-order valence-corrected chi connectivity index (χ1v) is 8.44. The number of unbranched alkanes of at least 4 members (excludes halogenated alkanes) is 3. The first-order chi connectivity index (χ1) is 10.9. The van der Waals surface area contributed by atoms with Crippen LogP contribution >= 0.6 is 17.0 Å². The van der Waals surface area contributed by atoms with Crippen LogP contribution in [0.4, 0.5) is 0 Å². The fourth-order valence-corrected chi connectivity index (χ4v) is 2.51. The predicted molar refractivity (Wildman–Crippen MR) is 105 cm³/mol. The van der Waals surface area contributed by atoms with E-state index in [0.717, 1.165) is 26.2 Å². The van der Waals surface area contributed by atoms with Gasteiger partial charge in [0.2, 0.25) is 0 Å². The van der Waals surface area contributed by atoms with Crippen molar-refractivity contribution in [2.75, 3.05) is 13.1 Å². The Kier molecular flexibility index (Phi) is 11.5. The zero-order valence-corrected chi connectivity index (χ0v) is 15.6. The largest absolute Gasteiger partial charge is 0.313 e. The van der Waals surface area contributed by atoms with E-state index < -0.39 is 0 Å². The predicted octanol–water partition coefficient (Wildman–Crippen LogP) is 4.70. The third-order valence-corrected chi connectivity index (χ3v) is 3.80. The number of rotatable bonds is 11. The monoisotopic (exact) mass is 376 g/mol. The Hall–Kier alpha value is -1.16. The minimum Gasteiger partial charge on any atom is -0.313 e. The fraction of sp³-hybridized carbons (Fsp3) is 0.400. The van der Waals surface area contributed by atoms with Gasteiger partial charge in [0.25, 0.3) is 0 Å². The van der Waals surface area contributed by atoms with E-state index in [2.05, 4.69) is 71.3 Å². The summed E-state index contributed by atoms with van der Waals surface area (Å²) >= 11 is 0. The highest BCUT2D eigenvalue weighted by Crippen LogP contribution is 2.01. The molecular formula is C20H29BrN2. The highest BCUT2D eigenvalue weighted by Gasteiger charge is 1.94. The van der Waals surface area contributed by atoms with Gasteiger partial charge in [-0.05, 0) is 37.1 Å². The quantitative estimate of drug-likeness (QED) is 0.555. The lowest BCUT2D eigenvalue weighted by Crippen LogP contribution is -2.15. The first kappa shape index (κ1) is 19.9. The van der Waals surface area contributed by atoms with Crippen LogP contribution in [0.3, 0.4) is 0 Å². The maximum Gasteiger partial charge on any atom is 0.0205 e. The van der Waals surface area contributed by atoms with Crippen LogP contribution in [0.5, 0.6) is 0 Å². The van der Waals surface area contributed by atoms with Gasteiger partial charge in [-0.3, -0.25) is 0 Å². The average molecular weight is 377 g/mol. The summed E-state index contributed by atoms with van der Waals surface area (Å²) < 4.78 is 0. The molecule has 0 fully saturated rings. The van der Waals surface area contributed by atoms with Gasteiger partial charge in [0.05, 0.1) is 0 Å². The van der Waals surface area contributed by atoms with Crippen LogP contribution in [0.1, 0.15) is 36.8 Å². The Morgan fingerprint density at radius 1 is 0.522 bits per heavy atom. The average Bonchev–Trinajstić information content (AvgIpc) is 2.58. The topological polar surface area (TPSA) is 24.1 Å². The van der Waals surface area contributed by atoms with Crippen molar-refractivity contribution in [3.63, 3.8) is 0 Å². The van der Waals surface area contributed by atoms with Crippen molar-refractivity contribution >= 4 is 17.0 Å². The summed E-state index contributed by atoms with van der Waals surface area (Å²) in [5.41, 5.74) is 2.74. The van der Waals surface area contributed by atoms with Crippen molar-refractivity contribution in [1.29, 1.82) is 0 Å². The SMILES string of the molecule is Br.c1ccc(CNCCCCCCNCc2ccccc2)cc1. The molecule has 0 aliphatic carbocycles. The van der Waals surface area contributed by atoms with Gasteiger partial charge in [0.1, 0.15) is 0 Å². The lowest BCUT2D eigenvalue weighted by atomic mass is 10.2. The molecule has 0 unspecified atom stereocenters. The van der Waals surface area contributed by atoms with E-state index in [1.807, 2.05) is 0 Å². The fourth-order valence-electron chi connectivity index (χ4n) is 2.51. The summed E-state index contributed by atoms with van der Waals surface area (Å²) in [6.45, 7) is 4.21. The van der Waals surface area contributed by atoms with Crippen molar-refractivity contribution in [3.8, 4) is 0 Å². The lowest BCUT2D eigenvalue weighted by molar-refractivity contribution is 0.563. The van der Waals surface area contributed by atoms with Gasteiger partial charge in [-0.1, -0.05) is 73.5 Å². The van der Waals surface area contributed by atoms with Crippen LogP contribution < -0.4 is 10.6 Å². The number of nitrogens with one attached hydrogen (secondary N) is 2. The third-order valence-electron chi connectivity index (χ3n) is 3.80. The van der Waals surface area contributed by atoms with Gasteiger partial charge in [0, 0.05) is 13.1 Å². The van der Waals surface area contributed by atoms with Crippen LogP contribution in [0, 0.1) is 0 Å². The van der Waals surface area contributed by atoms with Crippen molar-refractivity contribution in [2.45, 2.75) is 38.8 Å². The Morgan fingerprint density at radius 3 is 1.30 bits per heavy atom. The van der Waals surface area contributed by atoms with Gasteiger partial charge >= 0.3 is 0 Å². The van der Waals surface area contributed by atoms with E-state index in [4.69, 9.17) is 0 Å². The molecule has 0 spiro atoms. The zero-order chi connectivity index (χ0) is 15.3. The van der Waals surface area contributed by atoms with Gasteiger partial charge in [-0.2, -0.15) is 0 Å². The second-order valence-electron chi connectivity index (χ2n) is 5.74. The molecule has 2 rings (SSSR count). The Balaban J connectivity index is 0.00000264. The minimum absolute atomic E-state index is 0. The van der Waals surface area contributed by atoms with E-state index in [9.17, 15) is 0 Å². The molecule has 0 atom stereocenters. The smallest absolute Gasteiger partial charge is 0.0205 e. The number of hydrogen-bond acceptors (Lipinski definition) is 2. The minimum atomic E-state index is 0. The molecule has 0 aliphatic rings. The molecule has 0 bridgehead atoms. The molecule has 2 aromatic carbocycles. The van der Waals surface area contributed by atoms with E-state index in [1.54, 1.807) is 0 Å². The standard InChI is InChI=1S/C20H28N2.BrH/c1(9-15-21-17-19-11-5-3-6-12-19)2-10-16-22-18-20-13-7-4-8-14-20;/h3-8,11-14,21-22H,1-2,9-10,15-18H2;1H. The van der Waals surface area contributed by atoms with E-state index in [1.165, 1.54) is 36.8 Å². The van der Waals surface area contributed by atoms with E-state index in [0.29, 0.717) is 0 Å². The summed E-state index contributed by atoms with van der Waals surface area (Å²) in [7, 11) is 0. The molecule has 2 nitrogen and oxygen atoms in total. The summed E-state index contributed by atoms with van der Waals surface area (Å²) in [6.07, 6.45) is 5.17. The summed E-state index contributed by atoms with van der Waals surface area (Å²) in [4.78, 5) is 0. The highest BCUT2D eigenvalue weighted by molar-refractivity contribution is 8.93. The van der Waals surface area contributed by atoms with Gasteiger partial charge < -0.3 is 10.6 Å². The summed E-state index contributed by atoms with van der Waals surface area (Å²) in [6, 6.07) is 21.2. The van der Waals surface area contributed by atoms with Crippen LogP contribution in [-0.4, -0.2) is 13.1 Å². The van der Waals surface area contributed by atoms with Crippen LogP contribution in [-0.2, 0) is 13.1 Å². The number of hydrogen-bond donors (Lipinski definition) is 2. The summed E-state index contributed by atoms with van der Waals surface area (Å²) in [5.74, 6) is 0. The third kappa shape index (κ3) is 9.54. The van der Waals surface area contributed by atoms with Crippen molar-refractivity contribution in [3.05, 3.63) is 71.8 Å².